The molecule has 3 N–H and O–H groups in total. The van der Waals surface area contributed by atoms with Crippen molar-refractivity contribution < 1.29 is 5.21 Å². The van der Waals surface area contributed by atoms with Crippen LogP contribution in [0.2, 0.25) is 0 Å². The van der Waals surface area contributed by atoms with E-state index in [0.29, 0.717) is 5.92 Å². The van der Waals surface area contributed by atoms with Crippen LogP contribution in [-0.2, 0) is 0 Å². The van der Waals surface area contributed by atoms with Gasteiger partial charge in [0.25, 0.3) is 0 Å². The summed E-state index contributed by atoms with van der Waals surface area (Å²) in [7, 11) is 0. The first kappa shape index (κ1) is 13.7. The van der Waals surface area contributed by atoms with E-state index in [4.69, 9.17) is 10.9 Å². The molecular formula is C15H18N2OS. The van der Waals surface area contributed by atoms with Gasteiger partial charge in [0.2, 0.25) is 0 Å². The first-order chi connectivity index (χ1) is 9.13. The fourth-order valence-electron chi connectivity index (χ4n) is 1.93. The third kappa shape index (κ3) is 3.01. The second kappa shape index (κ2) is 5.97. The van der Waals surface area contributed by atoms with Crippen LogP contribution in [0.5, 0.6) is 0 Å². The number of amidine groups is 1. The van der Waals surface area contributed by atoms with Crippen molar-refractivity contribution >= 4 is 28.4 Å². The lowest BCUT2D eigenvalue weighted by atomic mass is 10.0. The first-order valence-electron chi connectivity index (χ1n) is 6.26. The van der Waals surface area contributed by atoms with Gasteiger partial charge in [0, 0.05) is 16.2 Å². The molecule has 0 aliphatic heterocycles. The predicted molar refractivity (Wildman–Crippen MR) is 82.0 cm³/mol. The maximum atomic E-state index is 8.85. The van der Waals surface area contributed by atoms with E-state index in [2.05, 4.69) is 25.1 Å². The molecule has 4 heteroatoms. The molecule has 2 aromatic rings. The van der Waals surface area contributed by atoms with Gasteiger partial charge in [-0.2, -0.15) is 0 Å². The maximum Gasteiger partial charge on any atom is 0.170 e. The molecule has 0 atom stereocenters. The third-order valence-corrected chi connectivity index (χ3v) is 4.34. The Hall–Kier alpha value is -1.68. The van der Waals surface area contributed by atoms with Crippen molar-refractivity contribution in [3.63, 3.8) is 0 Å². The van der Waals surface area contributed by atoms with E-state index < -0.39 is 0 Å². The molecule has 100 valence electrons. The largest absolute Gasteiger partial charge is 0.409 e. The molecule has 0 aliphatic carbocycles. The quantitative estimate of drug-likeness (QED) is 0.294. The van der Waals surface area contributed by atoms with Crippen LogP contribution in [0.15, 0.2) is 46.4 Å². The maximum absolute atomic E-state index is 8.85. The lowest BCUT2D eigenvalue weighted by Crippen LogP contribution is -2.13. The third-order valence-electron chi connectivity index (χ3n) is 2.84. The van der Waals surface area contributed by atoms with Crippen molar-refractivity contribution in [2.45, 2.75) is 18.7 Å². The van der Waals surface area contributed by atoms with Crippen LogP contribution in [0.25, 0.3) is 10.8 Å². The van der Waals surface area contributed by atoms with Crippen LogP contribution in [0.3, 0.4) is 0 Å². The molecule has 0 fully saturated rings. The van der Waals surface area contributed by atoms with Crippen molar-refractivity contribution in [2.75, 3.05) is 5.75 Å². The molecule has 0 saturated carbocycles. The molecule has 0 aliphatic rings. The van der Waals surface area contributed by atoms with Crippen molar-refractivity contribution in [2.24, 2.45) is 16.8 Å². The van der Waals surface area contributed by atoms with Crippen molar-refractivity contribution in [3.05, 3.63) is 42.0 Å². The highest BCUT2D eigenvalue weighted by molar-refractivity contribution is 7.99. The summed E-state index contributed by atoms with van der Waals surface area (Å²) in [5.41, 5.74) is 6.50. The number of hydrogen-bond donors (Lipinski definition) is 2. The van der Waals surface area contributed by atoms with E-state index in [1.165, 1.54) is 4.90 Å². The number of thioether (sulfide) groups is 1. The van der Waals surface area contributed by atoms with Gasteiger partial charge < -0.3 is 10.9 Å². The number of hydrogen-bond acceptors (Lipinski definition) is 3. The zero-order valence-corrected chi connectivity index (χ0v) is 11.9. The zero-order valence-electron chi connectivity index (χ0n) is 11.1. The van der Waals surface area contributed by atoms with Crippen LogP contribution in [-0.4, -0.2) is 16.8 Å². The lowest BCUT2D eigenvalue weighted by molar-refractivity contribution is 0.318. The van der Waals surface area contributed by atoms with Gasteiger partial charge in [-0.15, -0.1) is 11.8 Å². The predicted octanol–water partition coefficient (Wildman–Crippen LogP) is 3.68. The van der Waals surface area contributed by atoms with E-state index in [9.17, 15) is 0 Å². The van der Waals surface area contributed by atoms with Gasteiger partial charge >= 0.3 is 0 Å². The number of oxime groups is 1. The minimum Gasteiger partial charge on any atom is -0.409 e. The molecule has 0 radical (unpaired) electrons. The normalized spacial score (nSPS) is 12.3. The zero-order chi connectivity index (χ0) is 13.8. The van der Waals surface area contributed by atoms with Gasteiger partial charge in [-0.1, -0.05) is 43.3 Å². The average molecular weight is 274 g/mol. The molecule has 0 aromatic heterocycles. The summed E-state index contributed by atoms with van der Waals surface area (Å²) in [5.74, 6) is 1.87. The van der Waals surface area contributed by atoms with E-state index in [1.807, 2.05) is 42.1 Å². The highest BCUT2D eigenvalue weighted by Crippen LogP contribution is 2.31. The van der Waals surface area contributed by atoms with Crippen LogP contribution in [0.4, 0.5) is 0 Å². The highest BCUT2D eigenvalue weighted by atomic mass is 32.2. The fourth-order valence-corrected chi connectivity index (χ4v) is 2.94. The summed E-state index contributed by atoms with van der Waals surface area (Å²) < 4.78 is 0. The molecule has 19 heavy (non-hydrogen) atoms. The molecular weight excluding hydrogens is 256 g/mol. The minimum atomic E-state index is 0.150. The van der Waals surface area contributed by atoms with Gasteiger partial charge in [-0.05, 0) is 28.8 Å². The molecule has 0 spiro atoms. The smallest absolute Gasteiger partial charge is 0.170 e. The van der Waals surface area contributed by atoms with Crippen molar-refractivity contribution in [3.8, 4) is 0 Å². The second-order valence-electron chi connectivity index (χ2n) is 4.85. The van der Waals surface area contributed by atoms with Crippen LogP contribution in [0.1, 0.15) is 19.4 Å². The topological polar surface area (TPSA) is 58.6 Å². The van der Waals surface area contributed by atoms with Gasteiger partial charge in [-0.3, -0.25) is 0 Å². The number of rotatable bonds is 4. The SMILES string of the molecule is CC(C)CSc1ccc(/C(N)=N/O)c2ccccc12. The average Bonchev–Trinajstić information content (AvgIpc) is 2.43. The molecule has 2 rings (SSSR count). The van der Waals surface area contributed by atoms with Gasteiger partial charge in [-0.25, -0.2) is 0 Å². The summed E-state index contributed by atoms with van der Waals surface area (Å²) in [6.45, 7) is 4.42. The van der Waals surface area contributed by atoms with Crippen LogP contribution in [0, 0.1) is 5.92 Å². The summed E-state index contributed by atoms with van der Waals surface area (Å²) in [4.78, 5) is 1.23. The molecule has 0 saturated heterocycles. The Labute approximate surface area is 117 Å². The summed E-state index contributed by atoms with van der Waals surface area (Å²) in [6.07, 6.45) is 0. The van der Waals surface area contributed by atoms with Gasteiger partial charge in [0.1, 0.15) is 0 Å². The summed E-state index contributed by atoms with van der Waals surface area (Å²) >= 11 is 1.84. The molecule has 0 heterocycles. The fraction of sp³-hybridized carbons (Fsp3) is 0.267. The standard InChI is InChI=1S/C15H18N2OS/c1-10(2)9-19-14-8-7-13(15(16)17-18)11-5-3-4-6-12(11)14/h3-8,10,18H,9H2,1-2H3,(H2,16,17). The second-order valence-corrected chi connectivity index (χ2v) is 5.91. The number of benzene rings is 2. The van der Waals surface area contributed by atoms with Crippen LogP contribution < -0.4 is 5.73 Å². The first-order valence-corrected chi connectivity index (χ1v) is 7.24. The number of nitrogens with two attached hydrogens (primary N) is 1. The van der Waals surface area contributed by atoms with Gasteiger partial charge in [0.15, 0.2) is 5.84 Å². The Balaban J connectivity index is 2.52. The monoisotopic (exact) mass is 274 g/mol. The van der Waals surface area contributed by atoms with E-state index in [0.717, 1.165) is 22.1 Å². The Morgan fingerprint density at radius 2 is 1.89 bits per heavy atom. The Morgan fingerprint density at radius 3 is 2.53 bits per heavy atom. The number of nitrogens with zero attached hydrogens (tertiary/aromatic N) is 1. The minimum absolute atomic E-state index is 0.150. The molecule has 3 nitrogen and oxygen atoms in total. The van der Waals surface area contributed by atoms with Gasteiger partial charge in [0.05, 0.1) is 0 Å². The molecule has 0 bridgehead atoms. The Morgan fingerprint density at radius 1 is 1.21 bits per heavy atom. The van der Waals surface area contributed by atoms with Crippen molar-refractivity contribution in [1.29, 1.82) is 0 Å². The summed E-state index contributed by atoms with van der Waals surface area (Å²) in [5, 5.41) is 14.1. The van der Waals surface area contributed by atoms with Crippen LogP contribution >= 0.6 is 11.8 Å². The van der Waals surface area contributed by atoms with Crippen molar-refractivity contribution in [1.82, 2.24) is 0 Å². The Kier molecular flexibility index (Phi) is 4.32. The van der Waals surface area contributed by atoms with E-state index >= 15 is 0 Å². The summed E-state index contributed by atoms with van der Waals surface area (Å²) in [6, 6.07) is 12.0. The lowest BCUT2D eigenvalue weighted by Gasteiger charge is -2.11. The molecule has 0 unspecified atom stereocenters. The van der Waals surface area contributed by atoms with E-state index in [1.54, 1.807) is 0 Å². The highest BCUT2D eigenvalue weighted by Gasteiger charge is 2.09. The Bertz CT molecular complexity index is 608. The molecule has 0 amide bonds. The molecule has 2 aromatic carbocycles. The number of fused-ring (bicyclic) bond motifs is 1. The van der Waals surface area contributed by atoms with E-state index in [-0.39, 0.29) is 5.84 Å².